The Hall–Kier alpha value is -2.80. The summed E-state index contributed by atoms with van der Waals surface area (Å²) in [5.74, 6) is -0.124. The van der Waals surface area contributed by atoms with E-state index in [4.69, 9.17) is 12.2 Å². The minimum absolute atomic E-state index is 0.124. The van der Waals surface area contributed by atoms with Gasteiger partial charge in [-0.2, -0.15) is 4.80 Å². The zero-order valence-electron chi connectivity index (χ0n) is 14.3. The second-order valence-electron chi connectivity index (χ2n) is 5.84. The molecule has 3 rings (SSSR count). The molecule has 2 aromatic carbocycles. The molecular formula is C18H19N5OS. The van der Waals surface area contributed by atoms with Gasteiger partial charge in [0.2, 0.25) is 5.91 Å². The first-order valence-corrected chi connectivity index (χ1v) is 8.42. The van der Waals surface area contributed by atoms with E-state index < -0.39 is 0 Å². The molecule has 0 bridgehead atoms. The first-order chi connectivity index (χ1) is 12.0. The second kappa shape index (κ2) is 6.98. The number of amides is 1. The highest BCUT2D eigenvalue weighted by molar-refractivity contribution is 7.80. The fourth-order valence-electron chi connectivity index (χ4n) is 2.36. The highest BCUT2D eigenvalue weighted by Crippen LogP contribution is 2.22. The number of aromatic nitrogens is 3. The largest absolute Gasteiger partial charge is 0.332 e. The van der Waals surface area contributed by atoms with E-state index in [-0.39, 0.29) is 11.0 Å². The van der Waals surface area contributed by atoms with E-state index in [9.17, 15) is 4.79 Å². The van der Waals surface area contributed by atoms with Crippen molar-refractivity contribution in [3.63, 3.8) is 0 Å². The minimum Gasteiger partial charge on any atom is -0.332 e. The Labute approximate surface area is 151 Å². The number of hydrogen-bond acceptors (Lipinski definition) is 4. The van der Waals surface area contributed by atoms with Crippen molar-refractivity contribution in [2.45, 2.75) is 27.2 Å². The van der Waals surface area contributed by atoms with Crippen LogP contribution in [0.1, 0.15) is 24.5 Å². The Bertz CT molecular complexity index is 946. The average Bonchev–Trinajstić information content (AvgIpc) is 2.98. The second-order valence-corrected chi connectivity index (χ2v) is 6.24. The molecule has 0 aliphatic heterocycles. The van der Waals surface area contributed by atoms with Gasteiger partial charge in [-0.25, -0.2) is 0 Å². The van der Waals surface area contributed by atoms with Crippen molar-refractivity contribution in [1.82, 2.24) is 20.3 Å². The van der Waals surface area contributed by atoms with Crippen molar-refractivity contribution in [2.24, 2.45) is 0 Å². The number of fused-ring (bicyclic) bond motifs is 1. The normalized spacial score (nSPS) is 10.7. The van der Waals surface area contributed by atoms with Crippen molar-refractivity contribution in [3.8, 4) is 5.69 Å². The van der Waals surface area contributed by atoms with Crippen LogP contribution in [0.3, 0.4) is 0 Å². The lowest BCUT2D eigenvalue weighted by Gasteiger charge is -2.10. The maximum atomic E-state index is 11.4. The summed E-state index contributed by atoms with van der Waals surface area (Å²) >= 11 is 5.17. The van der Waals surface area contributed by atoms with Gasteiger partial charge in [0.05, 0.1) is 5.69 Å². The molecule has 0 aliphatic carbocycles. The summed E-state index contributed by atoms with van der Waals surface area (Å²) in [6.07, 6.45) is 0.380. The zero-order chi connectivity index (χ0) is 18.0. The van der Waals surface area contributed by atoms with Gasteiger partial charge < -0.3 is 10.6 Å². The summed E-state index contributed by atoms with van der Waals surface area (Å²) in [6, 6.07) is 11.8. The lowest BCUT2D eigenvalue weighted by atomic mass is 10.2. The van der Waals surface area contributed by atoms with E-state index in [1.807, 2.05) is 50.2 Å². The lowest BCUT2D eigenvalue weighted by Crippen LogP contribution is -2.33. The number of anilines is 1. The van der Waals surface area contributed by atoms with Gasteiger partial charge in [0.1, 0.15) is 11.0 Å². The molecule has 1 heterocycles. The van der Waals surface area contributed by atoms with E-state index in [0.29, 0.717) is 6.42 Å². The van der Waals surface area contributed by atoms with E-state index in [1.165, 1.54) is 5.56 Å². The van der Waals surface area contributed by atoms with Crippen molar-refractivity contribution in [3.05, 3.63) is 47.5 Å². The number of aryl methyl sites for hydroxylation is 2. The molecular weight excluding hydrogens is 334 g/mol. The Balaban J connectivity index is 1.89. The first kappa shape index (κ1) is 17.0. The predicted molar refractivity (Wildman–Crippen MR) is 103 cm³/mol. The molecule has 1 aromatic heterocycles. The summed E-state index contributed by atoms with van der Waals surface area (Å²) in [5, 5.41) is 15.0. The van der Waals surface area contributed by atoms with Crippen LogP contribution < -0.4 is 10.6 Å². The van der Waals surface area contributed by atoms with Crippen LogP contribution >= 0.6 is 12.2 Å². The van der Waals surface area contributed by atoms with E-state index in [1.54, 1.807) is 11.7 Å². The fraction of sp³-hybridized carbons (Fsp3) is 0.222. The van der Waals surface area contributed by atoms with Crippen LogP contribution in [0.15, 0.2) is 36.4 Å². The number of carbonyl (C=O) groups is 1. The van der Waals surface area contributed by atoms with Crippen LogP contribution in [0.5, 0.6) is 0 Å². The van der Waals surface area contributed by atoms with E-state index in [0.717, 1.165) is 28.0 Å². The van der Waals surface area contributed by atoms with Crippen LogP contribution in [-0.4, -0.2) is 26.0 Å². The number of carbonyl (C=O) groups excluding carboxylic acids is 1. The highest BCUT2D eigenvalue weighted by Gasteiger charge is 2.10. The van der Waals surface area contributed by atoms with Crippen molar-refractivity contribution < 1.29 is 4.79 Å². The molecule has 0 atom stereocenters. The summed E-state index contributed by atoms with van der Waals surface area (Å²) in [4.78, 5) is 13.0. The van der Waals surface area contributed by atoms with Gasteiger partial charge in [0.25, 0.3) is 0 Å². The van der Waals surface area contributed by atoms with Crippen molar-refractivity contribution >= 4 is 40.0 Å². The molecule has 1 amide bonds. The van der Waals surface area contributed by atoms with Gasteiger partial charge in [0, 0.05) is 12.1 Å². The molecule has 0 saturated heterocycles. The van der Waals surface area contributed by atoms with E-state index in [2.05, 4.69) is 20.8 Å². The number of rotatable bonds is 3. The Morgan fingerprint density at radius 1 is 1.12 bits per heavy atom. The Morgan fingerprint density at radius 3 is 2.40 bits per heavy atom. The number of benzene rings is 2. The van der Waals surface area contributed by atoms with Gasteiger partial charge in [-0.05, 0) is 55.9 Å². The fourth-order valence-corrected chi connectivity index (χ4v) is 2.59. The summed E-state index contributed by atoms with van der Waals surface area (Å²) in [6.45, 7) is 5.77. The van der Waals surface area contributed by atoms with Gasteiger partial charge >= 0.3 is 0 Å². The molecule has 25 heavy (non-hydrogen) atoms. The summed E-state index contributed by atoms with van der Waals surface area (Å²) in [7, 11) is 0. The summed E-state index contributed by atoms with van der Waals surface area (Å²) in [5.41, 5.74) is 5.40. The van der Waals surface area contributed by atoms with Gasteiger partial charge in [-0.3, -0.25) is 4.79 Å². The van der Waals surface area contributed by atoms with Crippen LogP contribution in [-0.2, 0) is 4.79 Å². The van der Waals surface area contributed by atoms with Crippen LogP contribution in [0, 0.1) is 13.8 Å². The van der Waals surface area contributed by atoms with Gasteiger partial charge in [0.15, 0.2) is 5.11 Å². The lowest BCUT2D eigenvalue weighted by molar-refractivity contribution is -0.119. The predicted octanol–water partition coefficient (Wildman–Crippen LogP) is 3.26. The third kappa shape index (κ3) is 3.83. The van der Waals surface area contributed by atoms with Gasteiger partial charge in [-0.15, -0.1) is 10.2 Å². The van der Waals surface area contributed by atoms with Crippen molar-refractivity contribution in [2.75, 3.05) is 5.32 Å². The van der Waals surface area contributed by atoms with Gasteiger partial charge in [-0.1, -0.05) is 24.6 Å². The zero-order valence-corrected chi connectivity index (χ0v) is 15.1. The van der Waals surface area contributed by atoms with Crippen LogP contribution in [0.2, 0.25) is 0 Å². The molecule has 0 fully saturated rings. The molecule has 3 aromatic rings. The van der Waals surface area contributed by atoms with Crippen molar-refractivity contribution in [1.29, 1.82) is 0 Å². The molecule has 128 valence electrons. The Kier molecular flexibility index (Phi) is 4.76. The third-order valence-electron chi connectivity index (χ3n) is 3.81. The maximum Gasteiger partial charge on any atom is 0.225 e. The number of nitrogens with one attached hydrogen (secondary N) is 2. The molecule has 0 spiro atoms. The molecule has 0 saturated carbocycles. The number of hydrogen-bond donors (Lipinski definition) is 2. The van der Waals surface area contributed by atoms with Crippen LogP contribution in [0.25, 0.3) is 16.7 Å². The Morgan fingerprint density at radius 2 is 1.76 bits per heavy atom. The quantitative estimate of drug-likeness (QED) is 0.707. The molecule has 2 N–H and O–H groups in total. The SMILES string of the molecule is CCC(=O)NC(=S)Nc1cc2nn(-c3ccc(C)cc3)nc2cc1C. The van der Waals surface area contributed by atoms with Crippen LogP contribution in [0.4, 0.5) is 5.69 Å². The number of nitrogens with zero attached hydrogens (tertiary/aromatic N) is 3. The topological polar surface area (TPSA) is 71.8 Å². The van der Waals surface area contributed by atoms with E-state index >= 15 is 0 Å². The first-order valence-electron chi connectivity index (χ1n) is 8.02. The standard InChI is InChI=1S/C18H19N5OS/c1-4-17(24)20-18(25)19-14-10-16-15(9-12(14)3)21-23(22-16)13-7-5-11(2)6-8-13/h5-10H,4H2,1-3H3,(H2,19,20,24,25). The molecule has 6 nitrogen and oxygen atoms in total. The number of thiocarbonyl (C=S) groups is 1. The molecule has 0 aliphatic rings. The summed E-state index contributed by atoms with van der Waals surface area (Å²) < 4.78 is 0. The third-order valence-corrected chi connectivity index (χ3v) is 4.02. The highest BCUT2D eigenvalue weighted by atomic mass is 32.1. The molecule has 0 radical (unpaired) electrons. The molecule has 0 unspecified atom stereocenters. The smallest absolute Gasteiger partial charge is 0.225 e. The molecule has 7 heteroatoms. The monoisotopic (exact) mass is 353 g/mol. The minimum atomic E-state index is -0.124. The average molecular weight is 353 g/mol. The maximum absolute atomic E-state index is 11.4.